The summed E-state index contributed by atoms with van der Waals surface area (Å²) in [5, 5.41) is 2.37. The van der Waals surface area contributed by atoms with Crippen molar-refractivity contribution in [3.05, 3.63) is 58.5 Å². The van der Waals surface area contributed by atoms with E-state index in [2.05, 4.69) is 21.2 Å². The minimum atomic E-state index is -4.46. The highest BCUT2D eigenvalue weighted by Gasteiger charge is 2.30. The lowest BCUT2D eigenvalue weighted by molar-refractivity contribution is -0.148. The van der Waals surface area contributed by atoms with Crippen molar-refractivity contribution < 1.29 is 31.9 Å². The number of hydrogen-bond donors (Lipinski definition) is 1. The molecule has 0 aliphatic carbocycles. The van der Waals surface area contributed by atoms with Gasteiger partial charge in [-0.3, -0.25) is 4.79 Å². The molecule has 1 amide bonds. The maximum Gasteiger partial charge on any atom is 0.416 e. The molecule has 1 unspecified atom stereocenters. The summed E-state index contributed by atoms with van der Waals surface area (Å²) >= 11 is 3.11. The number of amides is 1. The quantitative estimate of drug-likeness (QED) is 0.552. The van der Waals surface area contributed by atoms with Gasteiger partial charge in [-0.05, 0) is 65.3 Å². The van der Waals surface area contributed by atoms with E-state index in [9.17, 15) is 22.8 Å². The van der Waals surface area contributed by atoms with Gasteiger partial charge in [0.2, 0.25) is 0 Å². The van der Waals surface area contributed by atoms with Gasteiger partial charge in [0.05, 0.1) is 5.56 Å². The number of esters is 1. The van der Waals surface area contributed by atoms with Crippen molar-refractivity contribution in [1.82, 2.24) is 0 Å². The number of carbonyl (C=O) groups is 2. The van der Waals surface area contributed by atoms with Gasteiger partial charge in [0.25, 0.3) is 5.91 Å². The van der Waals surface area contributed by atoms with Gasteiger partial charge >= 0.3 is 12.1 Å². The number of benzene rings is 1. The van der Waals surface area contributed by atoms with Gasteiger partial charge in [0, 0.05) is 11.8 Å². The van der Waals surface area contributed by atoms with Crippen LogP contribution in [0.2, 0.25) is 0 Å². The van der Waals surface area contributed by atoms with Crippen LogP contribution in [-0.4, -0.2) is 18.0 Å². The van der Waals surface area contributed by atoms with Crippen molar-refractivity contribution >= 4 is 39.6 Å². The van der Waals surface area contributed by atoms with Crippen LogP contribution in [0.4, 0.5) is 18.9 Å². The lowest BCUT2D eigenvalue weighted by atomic mass is 10.2. The average Bonchev–Trinajstić information content (AvgIpc) is 2.98. The Morgan fingerprint density at radius 3 is 2.38 bits per heavy atom. The number of nitrogens with one attached hydrogen (secondary N) is 1. The Morgan fingerprint density at radius 1 is 1.19 bits per heavy atom. The number of hydrogen-bond acceptors (Lipinski definition) is 4. The Labute approximate surface area is 154 Å². The number of halogens is 4. The van der Waals surface area contributed by atoms with Crippen LogP contribution in [0.3, 0.4) is 0 Å². The maximum absolute atomic E-state index is 12.5. The molecule has 1 aromatic heterocycles. The van der Waals surface area contributed by atoms with E-state index >= 15 is 0 Å². The molecule has 0 saturated carbocycles. The highest BCUT2D eigenvalue weighted by molar-refractivity contribution is 9.10. The number of anilines is 1. The van der Waals surface area contributed by atoms with E-state index in [4.69, 9.17) is 9.15 Å². The Morgan fingerprint density at radius 2 is 1.85 bits per heavy atom. The average molecular weight is 432 g/mol. The molecule has 0 fully saturated rings. The SMILES string of the molecule is CC(OC(=O)/C=C/c1ccc(Br)o1)C(=O)Nc1ccc(C(F)(F)F)cc1. The van der Waals surface area contributed by atoms with Crippen molar-refractivity contribution in [1.29, 1.82) is 0 Å². The van der Waals surface area contributed by atoms with Crippen molar-refractivity contribution in [3.8, 4) is 0 Å². The summed E-state index contributed by atoms with van der Waals surface area (Å²) in [6.07, 6.45) is -3.14. The molecule has 2 rings (SSSR count). The predicted molar refractivity (Wildman–Crippen MR) is 91.1 cm³/mol. The Balaban J connectivity index is 1.88. The number of ether oxygens (including phenoxy) is 1. The second-order valence-electron chi connectivity index (χ2n) is 5.12. The summed E-state index contributed by atoms with van der Waals surface area (Å²) in [5.74, 6) is -1.03. The molecule has 5 nitrogen and oxygen atoms in total. The van der Waals surface area contributed by atoms with Gasteiger partial charge in [-0.2, -0.15) is 13.2 Å². The molecule has 0 spiro atoms. The van der Waals surface area contributed by atoms with E-state index in [1.54, 1.807) is 12.1 Å². The van der Waals surface area contributed by atoms with E-state index in [0.29, 0.717) is 10.4 Å². The summed E-state index contributed by atoms with van der Waals surface area (Å²) in [6.45, 7) is 1.34. The molecule has 138 valence electrons. The molecule has 0 aliphatic rings. The Hall–Kier alpha value is -2.55. The number of alkyl halides is 3. The topological polar surface area (TPSA) is 68.5 Å². The van der Waals surface area contributed by atoms with Crippen LogP contribution >= 0.6 is 15.9 Å². The van der Waals surface area contributed by atoms with Crippen LogP contribution in [0, 0.1) is 0 Å². The zero-order valence-corrected chi connectivity index (χ0v) is 14.9. The number of furan rings is 1. The van der Waals surface area contributed by atoms with Crippen LogP contribution < -0.4 is 5.32 Å². The van der Waals surface area contributed by atoms with Crippen LogP contribution in [-0.2, 0) is 20.5 Å². The third kappa shape index (κ3) is 5.76. The third-order valence-electron chi connectivity index (χ3n) is 3.12. The molecule has 9 heteroatoms. The number of rotatable bonds is 5. The smallest absolute Gasteiger partial charge is 0.416 e. The van der Waals surface area contributed by atoms with Crippen LogP contribution in [0.25, 0.3) is 6.08 Å². The molecule has 1 atom stereocenters. The van der Waals surface area contributed by atoms with Crippen LogP contribution in [0.15, 0.2) is 51.6 Å². The molecule has 1 heterocycles. The highest BCUT2D eigenvalue weighted by Crippen LogP contribution is 2.29. The van der Waals surface area contributed by atoms with Crippen molar-refractivity contribution in [2.24, 2.45) is 0 Å². The third-order valence-corrected chi connectivity index (χ3v) is 3.55. The maximum atomic E-state index is 12.5. The minimum absolute atomic E-state index is 0.155. The van der Waals surface area contributed by atoms with Crippen LogP contribution in [0.5, 0.6) is 0 Å². The predicted octanol–water partition coefficient (Wildman–Crippen LogP) is 4.64. The Kier molecular flexibility index (Phi) is 6.25. The van der Waals surface area contributed by atoms with E-state index in [1.807, 2.05) is 0 Å². The molecule has 1 N–H and O–H groups in total. The molecular formula is C17H13BrF3NO4. The molecule has 0 radical (unpaired) electrons. The van der Waals surface area contributed by atoms with Crippen molar-refractivity contribution in [2.75, 3.05) is 5.32 Å². The second-order valence-corrected chi connectivity index (χ2v) is 5.90. The molecule has 1 aromatic carbocycles. The summed E-state index contributed by atoms with van der Waals surface area (Å²) in [7, 11) is 0. The number of carbonyl (C=O) groups excluding carboxylic acids is 2. The van der Waals surface area contributed by atoms with Crippen molar-refractivity contribution in [3.63, 3.8) is 0 Å². The van der Waals surface area contributed by atoms with E-state index in [1.165, 1.54) is 13.0 Å². The van der Waals surface area contributed by atoms with Gasteiger partial charge in [0.15, 0.2) is 10.8 Å². The largest absolute Gasteiger partial charge is 0.450 e. The van der Waals surface area contributed by atoms with E-state index in [0.717, 1.165) is 30.3 Å². The summed E-state index contributed by atoms with van der Waals surface area (Å²) in [5.41, 5.74) is -0.674. The first-order valence-electron chi connectivity index (χ1n) is 7.27. The molecule has 2 aromatic rings. The van der Waals surface area contributed by atoms with Gasteiger partial charge in [-0.15, -0.1) is 0 Å². The monoisotopic (exact) mass is 431 g/mol. The molecule has 0 bridgehead atoms. The first-order chi connectivity index (χ1) is 12.1. The fourth-order valence-electron chi connectivity index (χ4n) is 1.82. The van der Waals surface area contributed by atoms with Gasteiger partial charge < -0.3 is 14.5 Å². The van der Waals surface area contributed by atoms with Gasteiger partial charge in [-0.25, -0.2) is 4.79 Å². The lowest BCUT2D eigenvalue weighted by Gasteiger charge is -2.13. The molecule has 0 saturated heterocycles. The molecule has 26 heavy (non-hydrogen) atoms. The lowest BCUT2D eigenvalue weighted by Crippen LogP contribution is -2.29. The van der Waals surface area contributed by atoms with Crippen LogP contribution in [0.1, 0.15) is 18.2 Å². The van der Waals surface area contributed by atoms with Gasteiger partial charge in [0.1, 0.15) is 5.76 Å². The zero-order valence-electron chi connectivity index (χ0n) is 13.3. The highest BCUT2D eigenvalue weighted by atomic mass is 79.9. The Bertz CT molecular complexity index is 812. The summed E-state index contributed by atoms with van der Waals surface area (Å²) in [4.78, 5) is 23.6. The fourth-order valence-corrected chi connectivity index (χ4v) is 2.14. The first kappa shape index (κ1) is 19.8. The standard InChI is InChI=1S/C17H13BrF3NO4/c1-10(25-15(23)9-7-13-6-8-14(18)26-13)16(24)22-12-4-2-11(3-5-12)17(19,20)21/h2-10H,1H3,(H,22,24)/b9-7+. The molecular weight excluding hydrogens is 419 g/mol. The molecule has 0 aliphatic heterocycles. The first-order valence-corrected chi connectivity index (χ1v) is 8.06. The van der Waals surface area contributed by atoms with E-state index in [-0.39, 0.29) is 5.69 Å². The minimum Gasteiger partial charge on any atom is -0.450 e. The van der Waals surface area contributed by atoms with Crippen molar-refractivity contribution in [2.45, 2.75) is 19.2 Å². The van der Waals surface area contributed by atoms with Gasteiger partial charge in [-0.1, -0.05) is 0 Å². The summed E-state index contributed by atoms with van der Waals surface area (Å²) < 4.78 is 48.0. The fraction of sp³-hybridized carbons (Fsp3) is 0.176. The second kappa shape index (κ2) is 8.22. The zero-order chi connectivity index (χ0) is 19.3. The summed E-state index contributed by atoms with van der Waals surface area (Å²) in [6, 6.07) is 7.18. The normalized spacial score (nSPS) is 12.8. The van der Waals surface area contributed by atoms with E-state index < -0.39 is 29.7 Å².